The number of carbonyl (C=O) groups excluding carboxylic acids is 1. The van der Waals surface area contributed by atoms with Crippen LogP contribution in [0, 0.1) is 0 Å². The zero-order valence-electron chi connectivity index (χ0n) is 19.5. The van der Waals surface area contributed by atoms with Gasteiger partial charge in [0.1, 0.15) is 18.9 Å². The lowest BCUT2D eigenvalue weighted by Gasteiger charge is -2.29. The second kappa shape index (κ2) is 9.13. The number of carbonyl (C=O) groups is 1. The molecule has 2 aromatic heterocycles. The van der Waals surface area contributed by atoms with Crippen LogP contribution in [0.4, 0.5) is 11.6 Å². The number of ether oxygens (including phenoxy) is 2. The first-order valence-electron chi connectivity index (χ1n) is 11.3. The third-order valence-electron chi connectivity index (χ3n) is 6.11. The molecule has 180 valence electrons. The van der Waals surface area contributed by atoms with Gasteiger partial charge in [0.05, 0.1) is 7.11 Å². The average molecular weight is 476 g/mol. The summed E-state index contributed by atoms with van der Waals surface area (Å²) in [7, 11) is 3.15. The first-order chi connectivity index (χ1) is 17.0. The molecule has 5 rings (SSSR count). The molecule has 0 amide bonds. The summed E-state index contributed by atoms with van der Waals surface area (Å²) < 4.78 is 14.7. The lowest BCUT2D eigenvalue weighted by Crippen LogP contribution is -2.41. The summed E-state index contributed by atoms with van der Waals surface area (Å²) in [5, 5.41) is 0. The fourth-order valence-corrected chi connectivity index (χ4v) is 4.34. The van der Waals surface area contributed by atoms with Crippen LogP contribution in [-0.4, -0.2) is 38.3 Å². The standard InChI is InChI=1S/C25H25N5O5/c1-27-22-21(23(32)30(25(27)33)15-20(31)35-16-17-8-4-3-5-9-17)29-13-7-12-28(24(29)26-22)18-10-6-11-19(14-18)34-2/h3-6,8-11,14H,7,12-13,15-16H2,1-2H3. The molecule has 0 atom stereocenters. The summed E-state index contributed by atoms with van der Waals surface area (Å²) in [5.74, 6) is 0.610. The number of hydrogen-bond acceptors (Lipinski definition) is 7. The molecular formula is C25H25N5O5. The Kier molecular flexibility index (Phi) is 5.86. The fourth-order valence-electron chi connectivity index (χ4n) is 4.34. The second-order valence-corrected chi connectivity index (χ2v) is 8.32. The molecule has 0 bridgehead atoms. The van der Waals surface area contributed by atoms with Crippen LogP contribution in [0.3, 0.4) is 0 Å². The van der Waals surface area contributed by atoms with Crippen molar-refractivity contribution in [3.05, 3.63) is 81.0 Å². The summed E-state index contributed by atoms with van der Waals surface area (Å²) in [6, 6.07) is 16.8. The summed E-state index contributed by atoms with van der Waals surface area (Å²) in [5.41, 5.74) is 1.06. The van der Waals surface area contributed by atoms with Crippen LogP contribution in [0.5, 0.6) is 5.75 Å². The molecule has 10 nitrogen and oxygen atoms in total. The zero-order valence-corrected chi connectivity index (χ0v) is 19.5. The number of benzene rings is 2. The predicted octanol–water partition coefficient (Wildman–Crippen LogP) is 2.19. The Bertz CT molecular complexity index is 1520. The highest BCUT2D eigenvalue weighted by atomic mass is 16.5. The number of anilines is 2. The summed E-state index contributed by atoms with van der Waals surface area (Å²) in [6.45, 7) is 0.853. The molecule has 3 heterocycles. The third kappa shape index (κ3) is 4.07. The summed E-state index contributed by atoms with van der Waals surface area (Å²) in [4.78, 5) is 45.6. The molecule has 0 spiro atoms. The largest absolute Gasteiger partial charge is 0.497 e. The molecule has 0 fully saturated rings. The summed E-state index contributed by atoms with van der Waals surface area (Å²) >= 11 is 0. The number of fused-ring (bicyclic) bond motifs is 3. The van der Waals surface area contributed by atoms with E-state index in [1.165, 1.54) is 4.57 Å². The van der Waals surface area contributed by atoms with Crippen LogP contribution in [0.2, 0.25) is 0 Å². The van der Waals surface area contributed by atoms with Gasteiger partial charge in [0.15, 0.2) is 11.2 Å². The Morgan fingerprint density at radius 3 is 2.63 bits per heavy atom. The average Bonchev–Trinajstić information content (AvgIpc) is 3.29. The summed E-state index contributed by atoms with van der Waals surface area (Å²) in [6.07, 6.45) is 0.775. The number of esters is 1. The van der Waals surface area contributed by atoms with E-state index in [1.54, 1.807) is 14.2 Å². The third-order valence-corrected chi connectivity index (χ3v) is 6.11. The molecule has 2 aromatic carbocycles. The van der Waals surface area contributed by atoms with Crippen LogP contribution < -0.4 is 20.9 Å². The normalized spacial score (nSPS) is 13.0. The highest BCUT2D eigenvalue weighted by molar-refractivity contribution is 5.77. The number of rotatable bonds is 6. The molecule has 0 N–H and O–H groups in total. The van der Waals surface area contributed by atoms with Crippen molar-refractivity contribution in [2.45, 2.75) is 26.1 Å². The highest BCUT2D eigenvalue weighted by Crippen LogP contribution is 2.32. The van der Waals surface area contributed by atoms with Crippen molar-refractivity contribution in [2.75, 3.05) is 18.6 Å². The van der Waals surface area contributed by atoms with Gasteiger partial charge in [-0.2, -0.15) is 4.98 Å². The first-order valence-corrected chi connectivity index (χ1v) is 11.3. The minimum absolute atomic E-state index is 0.0640. The fraction of sp³-hybridized carbons (Fsp3) is 0.280. The minimum Gasteiger partial charge on any atom is -0.497 e. The molecule has 1 aliphatic heterocycles. The lowest BCUT2D eigenvalue weighted by atomic mass is 10.2. The quantitative estimate of drug-likeness (QED) is 0.394. The Labute approximate surface area is 200 Å². The van der Waals surface area contributed by atoms with Crippen molar-refractivity contribution in [2.24, 2.45) is 7.05 Å². The predicted molar refractivity (Wildman–Crippen MR) is 130 cm³/mol. The van der Waals surface area contributed by atoms with Gasteiger partial charge in [-0.25, -0.2) is 9.36 Å². The van der Waals surface area contributed by atoms with E-state index in [1.807, 2.05) is 64.1 Å². The number of nitrogens with zero attached hydrogens (tertiary/aromatic N) is 5. The minimum atomic E-state index is -0.663. The molecule has 10 heteroatoms. The Morgan fingerprint density at radius 1 is 1.06 bits per heavy atom. The van der Waals surface area contributed by atoms with E-state index in [9.17, 15) is 14.4 Å². The molecule has 0 saturated carbocycles. The van der Waals surface area contributed by atoms with E-state index < -0.39 is 23.8 Å². The van der Waals surface area contributed by atoms with Crippen molar-refractivity contribution < 1.29 is 14.3 Å². The SMILES string of the molecule is COc1cccc(N2CCCn3c2nc2c3c(=O)n(CC(=O)OCc3ccccc3)c(=O)n2C)c1. The topological polar surface area (TPSA) is 101 Å². The Balaban J connectivity index is 1.52. The maximum Gasteiger partial charge on any atom is 0.333 e. The van der Waals surface area contributed by atoms with Gasteiger partial charge >= 0.3 is 11.7 Å². The Morgan fingerprint density at radius 2 is 1.86 bits per heavy atom. The van der Waals surface area contributed by atoms with Crippen molar-refractivity contribution in [1.82, 2.24) is 18.7 Å². The van der Waals surface area contributed by atoms with Gasteiger partial charge in [0.25, 0.3) is 5.56 Å². The number of aryl methyl sites for hydroxylation is 2. The second-order valence-electron chi connectivity index (χ2n) is 8.32. The molecule has 1 aliphatic rings. The maximum atomic E-state index is 13.4. The number of aromatic nitrogens is 4. The van der Waals surface area contributed by atoms with Crippen LogP contribution in [0.1, 0.15) is 12.0 Å². The molecule has 35 heavy (non-hydrogen) atoms. The van der Waals surface area contributed by atoms with Gasteiger partial charge in [0, 0.05) is 31.9 Å². The van der Waals surface area contributed by atoms with Gasteiger partial charge < -0.3 is 18.9 Å². The van der Waals surface area contributed by atoms with Crippen molar-refractivity contribution in [3.63, 3.8) is 0 Å². The van der Waals surface area contributed by atoms with Gasteiger partial charge in [-0.15, -0.1) is 0 Å². The number of methoxy groups -OCH3 is 1. The van der Waals surface area contributed by atoms with Crippen LogP contribution in [-0.2, 0) is 36.3 Å². The van der Waals surface area contributed by atoms with Crippen molar-refractivity contribution in [3.8, 4) is 5.75 Å². The number of imidazole rings is 1. The van der Waals surface area contributed by atoms with Crippen molar-refractivity contribution in [1.29, 1.82) is 0 Å². The zero-order chi connectivity index (χ0) is 24.5. The van der Waals surface area contributed by atoms with E-state index in [0.717, 1.165) is 22.2 Å². The monoisotopic (exact) mass is 475 g/mol. The van der Waals surface area contributed by atoms with Crippen LogP contribution in [0.15, 0.2) is 64.2 Å². The van der Waals surface area contributed by atoms with Gasteiger partial charge in [-0.05, 0) is 24.1 Å². The molecule has 0 unspecified atom stereocenters. The maximum absolute atomic E-state index is 13.4. The smallest absolute Gasteiger partial charge is 0.333 e. The number of hydrogen-bond donors (Lipinski definition) is 0. The molecule has 0 saturated heterocycles. The molecular weight excluding hydrogens is 450 g/mol. The lowest BCUT2D eigenvalue weighted by molar-refractivity contribution is -0.145. The molecule has 4 aromatic rings. The van der Waals surface area contributed by atoms with Gasteiger partial charge in [-0.1, -0.05) is 36.4 Å². The van der Waals surface area contributed by atoms with Gasteiger partial charge in [0.2, 0.25) is 5.95 Å². The first kappa shape index (κ1) is 22.5. The van der Waals surface area contributed by atoms with Gasteiger partial charge in [-0.3, -0.25) is 14.2 Å². The van der Waals surface area contributed by atoms with E-state index in [-0.39, 0.29) is 17.8 Å². The van der Waals surface area contributed by atoms with E-state index in [4.69, 9.17) is 9.47 Å². The van der Waals surface area contributed by atoms with E-state index in [0.29, 0.717) is 24.8 Å². The molecule has 0 aliphatic carbocycles. The van der Waals surface area contributed by atoms with Crippen LogP contribution in [0.25, 0.3) is 11.2 Å². The van der Waals surface area contributed by atoms with E-state index in [2.05, 4.69) is 4.98 Å². The van der Waals surface area contributed by atoms with Crippen molar-refractivity contribution >= 4 is 28.8 Å². The van der Waals surface area contributed by atoms with E-state index >= 15 is 0 Å². The highest BCUT2D eigenvalue weighted by Gasteiger charge is 2.27. The van der Waals surface area contributed by atoms with Crippen LogP contribution >= 0.6 is 0 Å². The molecule has 0 radical (unpaired) electrons. The Hall–Kier alpha value is -4.34.